The predicted molar refractivity (Wildman–Crippen MR) is 205 cm³/mol. The lowest BCUT2D eigenvalue weighted by atomic mass is 9.57. The molecule has 0 saturated carbocycles. The molecule has 0 aliphatic heterocycles. The van der Waals surface area contributed by atoms with Crippen molar-refractivity contribution in [1.29, 1.82) is 0 Å². The van der Waals surface area contributed by atoms with Crippen LogP contribution in [0.2, 0.25) is 0 Å². The molecule has 3 aliphatic carbocycles. The van der Waals surface area contributed by atoms with E-state index in [1.54, 1.807) is 0 Å². The van der Waals surface area contributed by atoms with Crippen LogP contribution in [0.25, 0.3) is 32.3 Å². The summed E-state index contributed by atoms with van der Waals surface area (Å²) >= 11 is 0. The van der Waals surface area contributed by atoms with Gasteiger partial charge in [0.1, 0.15) is 0 Å². The second-order valence-electron chi connectivity index (χ2n) is 14.8. The number of carbonyl (C=O) groups excluding carboxylic acids is 1. The molecular weight excluding hydrogens is 605 g/mol. The Morgan fingerprint density at radius 3 is 1.08 bits per heavy atom. The molecule has 4 unspecified atom stereocenters. The van der Waals surface area contributed by atoms with Crippen molar-refractivity contribution in [3.8, 4) is 0 Å². The molecule has 4 atom stereocenters. The molecular formula is C49H34O. The maximum absolute atomic E-state index is 15.8. The van der Waals surface area contributed by atoms with Gasteiger partial charge in [-0.3, -0.25) is 4.79 Å². The topological polar surface area (TPSA) is 17.1 Å². The van der Waals surface area contributed by atoms with E-state index in [4.69, 9.17) is 0 Å². The van der Waals surface area contributed by atoms with Crippen LogP contribution in [0, 0.1) is 13.8 Å². The van der Waals surface area contributed by atoms with Crippen LogP contribution in [-0.4, -0.2) is 5.78 Å². The molecule has 0 bridgehead atoms. The Hall–Kier alpha value is -5.79. The van der Waals surface area contributed by atoms with Gasteiger partial charge >= 0.3 is 0 Å². The predicted octanol–water partition coefficient (Wildman–Crippen LogP) is 11.6. The smallest absolute Gasteiger partial charge is 0.156 e. The molecule has 11 rings (SSSR count). The van der Waals surface area contributed by atoms with Crippen molar-refractivity contribution in [2.75, 3.05) is 0 Å². The molecule has 8 aromatic rings. The average Bonchev–Trinajstić information content (AvgIpc) is 3.14. The lowest BCUT2D eigenvalue weighted by Crippen LogP contribution is -2.36. The van der Waals surface area contributed by atoms with Crippen LogP contribution in [0.3, 0.4) is 0 Å². The fraction of sp³-hybridized carbons (Fsp3) is 0.122. The monoisotopic (exact) mass is 638 g/mol. The van der Waals surface area contributed by atoms with Gasteiger partial charge in [-0.2, -0.15) is 0 Å². The fourth-order valence-electron chi connectivity index (χ4n) is 10.2. The third-order valence-corrected chi connectivity index (χ3v) is 12.1. The quantitative estimate of drug-likeness (QED) is 0.184. The van der Waals surface area contributed by atoms with Crippen molar-refractivity contribution >= 4 is 38.1 Å². The molecule has 236 valence electrons. The van der Waals surface area contributed by atoms with Crippen molar-refractivity contribution in [3.63, 3.8) is 0 Å². The Morgan fingerprint density at radius 2 is 0.700 bits per heavy atom. The molecule has 8 aromatic carbocycles. The van der Waals surface area contributed by atoms with E-state index in [-0.39, 0.29) is 23.7 Å². The van der Waals surface area contributed by atoms with Gasteiger partial charge in [-0.25, -0.2) is 0 Å². The number of fused-ring (bicyclic) bond motifs is 6. The minimum atomic E-state index is -0.340. The second-order valence-corrected chi connectivity index (χ2v) is 14.8. The summed E-state index contributed by atoms with van der Waals surface area (Å²) in [7, 11) is 0. The fourth-order valence-corrected chi connectivity index (χ4v) is 10.2. The molecule has 1 heteroatoms. The summed E-state index contributed by atoms with van der Waals surface area (Å²) in [4.78, 5) is 15.8. The number of hydrogen-bond acceptors (Lipinski definition) is 1. The average molecular weight is 639 g/mol. The summed E-state index contributed by atoms with van der Waals surface area (Å²) in [5, 5.41) is 7.45. The van der Waals surface area contributed by atoms with E-state index in [9.17, 15) is 0 Å². The van der Waals surface area contributed by atoms with E-state index in [0.29, 0.717) is 5.78 Å². The zero-order valence-corrected chi connectivity index (χ0v) is 28.1. The molecule has 0 aromatic heterocycles. The van der Waals surface area contributed by atoms with Crippen molar-refractivity contribution in [1.82, 2.24) is 0 Å². The van der Waals surface area contributed by atoms with Crippen LogP contribution in [0.4, 0.5) is 0 Å². The van der Waals surface area contributed by atoms with E-state index in [1.807, 2.05) is 0 Å². The van der Waals surface area contributed by atoms with Gasteiger partial charge in [0, 0.05) is 11.8 Å². The van der Waals surface area contributed by atoms with Crippen LogP contribution >= 0.6 is 0 Å². The number of rotatable bonds is 2. The number of Topliss-reactive ketones (excluding diaryl/α,β-unsaturated/α-hetero) is 1. The summed E-state index contributed by atoms with van der Waals surface area (Å²) in [5.41, 5.74) is 15.0. The van der Waals surface area contributed by atoms with Crippen LogP contribution in [0.15, 0.2) is 146 Å². The SMILES string of the molecule is Cc1cc2c3c4c5c(cc(C)c14)C(c1ccccc1)c1cc4ccccc4cc1C5C(=O)C3c1cc3ccccc3cc1C2c1ccccc1. The van der Waals surface area contributed by atoms with Crippen LogP contribution in [-0.2, 0) is 4.79 Å². The Morgan fingerprint density at radius 1 is 0.360 bits per heavy atom. The standard InChI is InChI=1S/C49H34O/c1-27-21-39-42(29-13-5-3-6-14-29)35-23-31-17-9-11-19-33(31)25-37(35)46-44(39)48-41(27)28(2)22-40-43(30-15-7-4-8-16-30)36-24-32-18-10-12-20-34(32)26-38(36)47(45(40)48)49(46)50/h3-26,42-43,46-47H,1-2H3. The Labute approximate surface area is 291 Å². The molecule has 1 nitrogen and oxygen atoms in total. The number of aryl methyl sites for hydroxylation is 2. The molecule has 0 spiro atoms. The lowest BCUT2D eigenvalue weighted by Gasteiger charge is -2.44. The second kappa shape index (κ2) is 10.1. The van der Waals surface area contributed by atoms with E-state index >= 15 is 4.79 Å². The summed E-state index contributed by atoms with van der Waals surface area (Å²) in [5.74, 6) is -0.300. The first-order valence-electron chi connectivity index (χ1n) is 17.9. The first-order chi connectivity index (χ1) is 24.6. The highest BCUT2D eigenvalue weighted by atomic mass is 16.1. The molecule has 0 saturated heterocycles. The van der Waals surface area contributed by atoms with Crippen molar-refractivity contribution in [2.45, 2.75) is 37.5 Å². The molecule has 0 radical (unpaired) electrons. The summed E-state index contributed by atoms with van der Waals surface area (Å²) in [6.07, 6.45) is 0. The third-order valence-electron chi connectivity index (χ3n) is 12.1. The van der Waals surface area contributed by atoms with E-state index in [1.165, 1.54) is 99.1 Å². The summed E-state index contributed by atoms with van der Waals surface area (Å²) in [6.45, 7) is 4.57. The van der Waals surface area contributed by atoms with Crippen molar-refractivity contribution in [2.24, 2.45) is 0 Å². The van der Waals surface area contributed by atoms with Crippen molar-refractivity contribution in [3.05, 3.63) is 212 Å². The molecule has 0 heterocycles. The summed E-state index contributed by atoms with van der Waals surface area (Å²) in [6, 6.07) is 53.5. The molecule has 3 aliphatic rings. The van der Waals surface area contributed by atoms with Crippen LogP contribution in [0.5, 0.6) is 0 Å². The van der Waals surface area contributed by atoms with Gasteiger partial charge in [0.25, 0.3) is 0 Å². The Kier molecular flexibility index (Phi) is 5.69. The maximum atomic E-state index is 15.8. The van der Waals surface area contributed by atoms with Gasteiger partial charge < -0.3 is 0 Å². The molecule has 0 N–H and O–H groups in total. The highest BCUT2D eigenvalue weighted by Crippen LogP contribution is 2.60. The Balaban J connectivity index is 1.33. The minimum absolute atomic E-state index is 0.0374. The van der Waals surface area contributed by atoms with E-state index in [2.05, 4.69) is 159 Å². The van der Waals surface area contributed by atoms with Gasteiger partial charge in [0.05, 0.1) is 11.8 Å². The number of benzene rings is 8. The first kappa shape index (κ1) is 28.1. The van der Waals surface area contributed by atoms with E-state index in [0.717, 1.165) is 0 Å². The Bertz CT molecular complexity index is 2570. The lowest BCUT2D eigenvalue weighted by molar-refractivity contribution is -0.120. The minimum Gasteiger partial charge on any atom is -0.298 e. The summed E-state index contributed by atoms with van der Waals surface area (Å²) < 4.78 is 0. The number of hydrogen-bond donors (Lipinski definition) is 0. The normalized spacial score (nSPS) is 19.8. The zero-order chi connectivity index (χ0) is 33.2. The van der Waals surface area contributed by atoms with Gasteiger partial charge in [0.15, 0.2) is 5.78 Å². The van der Waals surface area contributed by atoms with Crippen molar-refractivity contribution < 1.29 is 4.79 Å². The van der Waals surface area contributed by atoms with Gasteiger partial charge in [-0.05, 0) is 137 Å². The number of ketones is 1. The van der Waals surface area contributed by atoms with Gasteiger partial charge in [0.2, 0.25) is 0 Å². The molecule has 50 heavy (non-hydrogen) atoms. The van der Waals surface area contributed by atoms with Gasteiger partial charge in [-0.1, -0.05) is 121 Å². The largest absolute Gasteiger partial charge is 0.298 e. The van der Waals surface area contributed by atoms with Crippen LogP contribution in [0.1, 0.15) is 90.4 Å². The highest BCUT2D eigenvalue weighted by Gasteiger charge is 2.49. The molecule has 0 amide bonds. The zero-order valence-electron chi connectivity index (χ0n) is 28.1. The first-order valence-corrected chi connectivity index (χ1v) is 17.9. The maximum Gasteiger partial charge on any atom is 0.156 e. The number of carbonyl (C=O) groups is 1. The van der Waals surface area contributed by atoms with Crippen LogP contribution < -0.4 is 0 Å². The third kappa shape index (κ3) is 3.65. The highest BCUT2D eigenvalue weighted by molar-refractivity contribution is 6.13. The van der Waals surface area contributed by atoms with E-state index < -0.39 is 0 Å². The van der Waals surface area contributed by atoms with Gasteiger partial charge in [-0.15, -0.1) is 0 Å². The molecule has 0 fully saturated rings.